The first-order valence-electron chi connectivity index (χ1n) is 7.55. The molecule has 2 bridgehead atoms. The van der Waals surface area contributed by atoms with E-state index in [0.29, 0.717) is 11.8 Å². The molecule has 0 aromatic rings. The molecule has 5 unspecified atom stereocenters. The molecule has 3 heterocycles. The summed E-state index contributed by atoms with van der Waals surface area (Å²) in [7, 11) is 0. The van der Waals surface area contributed by atoms with E-state index < -0.39 is 12.1 Å². The van der Waals surface area contributed by atoms with Crippen molar-refractivity contribution in [2.45, 2.75) is 64.1 Å². The van der Waals surface area contributed by atoms with Crippen LogP contribution in [0.15, 0.2) is 0 Å². The summed E-state index contributed by atoms with van der Waals surface area (Å²) >= 11 is 0. The fraction of sp³-hybridized carbons (Fsp3) is 0.933. The molecule has 1 aliphatic carbocycles. The second-order valence-electron chi connectivity index (χ2n) is 7.07. The zero-order valence-corrected chi connectivity index (χ0v) is 11.8. The predicted octanol–water partition coefficient (Wildman–Crippen LogP) is 2.46. The van der Waals surface area contributed by atoms with Crippen molar-refractivity contribution >= 4 is 5.97 Å². The first-order valence-corrected chi connectivity index (χ1v) is 7.55. The summed E-state index contributed by atoms with van der Waals surface area (Å²) in [4.78, 5) is 12.1. The molecule has 3 aliphatic heterocycles. The van der Waals surface area contributed by atoms with Crippen molar-refractivity contribution in [3.8, 4) is 0 Å². The zero-order chi connectivity index (χ0) is 13.4. The minimum atomic E-state index is -0.555. The van der Waals surface area contributed by atoms with Gasteiger partial charge in [-0.1, -0.05) is 13.8 Å². The van der Waals surface area contributed by atoms with Crippen LogP contribution in [0.25, 0.3) is 0 Å². The number of hydrogen-bond donors (Lipinski definition) is 0. The van der Waals surface area contributed by atoms with Gasteiger partial charge in [-0.2, -0.15) is 0 Å². The Balaban J connectivity index is 1.84. The Morgan fingerprint density at radius 2 is 1.95 bits per heavy atom. The molecule has 4 fully saturated rings. The molecule has 19 heavy (non-hydrogen) atoms. The average molecular weight is 266 g/mol. The summed E-state index contributed by atoms with van der Waals surface area (Å²) in [6, 6.07) is 0. The molecule has 0 radical (unpaired) electrons. The molecular weight excluding hydrogens is 244 g/mol. The first kappa shape index (κ1) is 12.2. The van der Waals surface area contributed by atoms with Gasteiger partial charge in [0.2, 0.25) is 6.29 Å². The molecule has 0 aromatic carbocycles. The van der Waals surface area contributed by atoms with Crippen molar-refractivity contribution in [1.29, 1.82) is 0 Å². The molecule has 1 saturated carbocycles. The molecule has 4 rings (SSSR count). The van der Waals surface area contributed by atoms with E-state index in [0.717, 1.165) is 19.3 Å². The summed E-state index contributed by atoms with van der Waals surface area (Å²) in [6.07, 6.45) is 3.76. The molecule has 0 aromatic heterocycles. The summed E-state index contributed by atoms with van der Waals surface area (Å²) in [5.41, 5.74) is -0.377. The highest BCUT2D eigenvalue weighted by Gasteiger charge is 2.72. The van der Waals surface area contributed by atoms with Gasteiger partial charge in [-0.3, -0.25) is 4.79 Å². The number of rotatable bonds is 0. The van der Waals surface area contributed by atoms with Crippen LogP contribution in [0.5, 0.6) is 0 Å². The first-order chi connectivity index (χ1) is 8.96. The van der Waals surface area contributed by atoms with Crippen LogP contribution in [-0.2, 0) is 19.0 Å². The number of carbonyl (C=O) groups is 1. The van der Waals surface area contributed by atoms with E-state index in [9.17, 15) is 4.79 Å². The van der Waals surface area contributed by atoms with Crippen LogP contribution in [0.1, 0.15) is 46.5 Å². The number of hydrogen-bond acceptors (Lipinski definition) is 4. The van der Waals surface area contributed by atoms with Gasteiger partial charge in [0.1, 0.15) is 5.60 Å². The van der Waals surface area contributed by atoms with Crippen LogP contribution < -0.4 is 0 Å². The van der Waals surface area contributed by atoms with Gasteiger partial charge in [0, 0.05) is 12.3 Å². The minimum absolute atomic E-state index is 0.0738. The molecule has 0 amide bonds. The van der Waals surface area contributed by atoms with E-state index in [4.69, 9.17) is 14.2 Å². The Morgan fingerprint density at radius 1 is 1.16 bits per heavy atom. The average Bonchev–Trinajstić information content (AvgIpc) is 2.56. The molecule has 3 saturated heterocycles. The highest BCUT2D eigenvalue weighted by molar-refractivity contribution is 5.74. The fourth-order valence-electron chi connectivity index (χ4n) is 5.03. The van der Waals surface area contributed by atoms with Crippen LogP contribution in [0.3, 0.4) is 0 Å². The maximum absolute atomic E-state index is 12.1. The van der Waals surface area contributed by atoms with Crippen LogP contribution >= 0.6 is 0 Å². The van der Waals surface area contributed by atoms with Crippen LogP contribution in [0.4, 0.5) is 0 Å². The Morgan fingerprint density at radius 3 is 2.74 bits per heavy atom. The number of esters is 1. The van der Waals surface area contributed by atoms with Crippen molar-refractivity contribution in [2.24, 2.45) is 23.7 Å². The molecular formula is C15H22O4. The van der Waals surface area contributed by atoms with E-state index in [1.165, 1.54) is 6.42 Å². The number of carbonyl (C=O) groups excluding carboxylic acids is 1. The third-order valence-electron chi connectivity index (χ3n) is 6.00. The van der Waals surface area contributed by atoms with Gasteiger partial charge < -0.3 is 14.2 Å². The molecule has 4 aliphatic rings. The normalized spacial score (nSPS) is 59.5. The van der Waals surface area contributed by atoms with Gasteiger partial charge in [0.15, 0.2) is 5.79 Å². The topological polar surface area (TPSA) is 44.8 Å². The van der Waals surface area contributed by atoms with Gasteiger partial charge in [0.25, 0.3) is 0 Å². The quantitative estimate of drug-likeness (QED) is 0.632. The maximum Gasteiger partial charge on any atom is 0.311 e. The van der Waals surface area contributed by atoms with Crippen LogP contribution in [-0.4, -0.2) is 23.6 Å². The monoisotopic (exact) mass is 266 g/mol. The highest BCUT2D eigenvalue weighted by atomic mass is 16.8. The smallest absolute Gasteiger partial charge is 0.311 e. The third kappa shape index (κ3) is 1.34. The standard InChI is InChI=1S/C15H22O4/c1-8-4-5-11-9(2)12(16)17-13-15(11)10(8)6-7-14(3,18-13)19-15/h8-11,13H,4-7H2,1-3H3/t8?,9-,10?,11?,13-,14?,15?/m1/s1. The van der Waals surface area contributed by atoms with Gasteiger partial charge in [-0.25, -0.2) is 0 Å². The van der Waals surface area contributed by atoms with Crippen LogP contribution in [0, 0.1) is 23.7 Å². The Kier molecular flexibility index (Phi) is 2.26. The van der Waals surface area contributed by atoms with Gasteiger partial charge >= 0.3 is 5.97 Å². The fourth-order valence-corrected chi connectivity index (χ4v) is 5.03. The Hall–Kier alpha value is -0.610. The minimum Gasteiger partial charge on any atom is -0.432 e. The lowest BCUT2D eigenvalue weighted by Gasteiger charge is -2.56. The number of ether oxygens (including phenoxy) is 3. The van der Waals surface area contributed by atoms with Gasteiger partial charge in [0.05, 0.1) is 5.92 Å². The highest BCUT2D eigenvalue weighted by Crippen LogP contribution is 2.62. The molecule has 0 N–H and O–H groups in total. The maximum atomic E-state index is 12.1. The van der Waals surface area contributed by atoms with E-state index >= 15 is 0 Å². The summed E-state index contributed by atoms with van der Waals surface area (Å²) in [6.45, 7) is 6.28. The van der Waals surface area contributed by atoms with Crippen molar-refractivity contribution in [3.63, 3.8) is 0 Å². The largest absolute Gasteiger partial charge is 0.432 e. The van der Waals surface area contributed by atoms with E-state index in [1.54, 1.807) is 0 Å². The van der Waals surface area contributed by atoms with Crippen LogP contribution in [0.2, 0.25) is 0 Å². The third-order valence-corrected chi connectivity index (χ3v) is 6.00. The van der Waals surface area contributed by atoms with Gasteiger partial charge in [-0.05, 0) is 38.0 Å². The predicted molar refractivity (Wildman–Crippen MR) is 67.0 cm³/mol. The second kappa shape index (κ2) is 3.53. The van der Waals surface area contributed by atoms with E-state index in [2.05, 4.69) is 6.92 Å². The number of fused-ring (bicyclic) bond motifs is 1. The summed E-state index contributed by atoms with van der Waals surface area (Å²) in [5, 5.41) is 0. The molecule has 4 nitrogen and oxygen atoms in total. The van der Waals surface area contributed by atoms with Crippen molar-refractivity contribution in [1.82, 2.24) is 0 Å². The summed E-state index contributed by atoms with van der Waals surface area (Å²) in [5.74, 6) is 0.586. The van der Waals surface area contributed by atoms with E-state index in [1.807, 2.05) is 13.8 Å². The molecule has 4 heteroatoms. The summed E-state index contributed by atoms with van der Waals surface area (Å²) < 4.78 is 18.0. The Labute approximate surface area is 113 Å². The lowest BCUT2D eigenvalue weighted by atomic mass is 9.57. The van der Waals surface area contributed by atoms with Crippen molar-refractivity contribution in [2.75, 3.05) is 0 Å². The zero-order valence-electron chi connectivity index (χ0n) is 11.8. The lowest BCUT2D eigenvalue weighted by molar-refractivity contribution is -0.263. The second-order valence-corrected chi connectivity index (χ2v) is 7.07. The molecule has 106 valence electrons. The van der Waals surface area contributed by atoms with Crippen molar-refractivity contribution in [3.05, 3.63) is 0 Å². The molecule has 7 atom stereocenters. The SMILES string of the molecule is CC1CCC2[C@@H](C)C(=O)O[C@@H]3OC4(C)CCC1C23O4. The lowest BCUT2D eigenvalue weighted by Crippen LogP contribution is -2.65. The van der Waals surface area contributed by atoms with Gasteiger partial charge in [-0.15, -0.1) is 0 Å². The van der Waals surface area contributed by atoms with Crippen molar-refractivity contribution < 1.29 is 19.0 Å². The molecule has 1 spiro atoms. The van der Waals surface area contributed by atoms with E-state index in [-0.39, 0.29) is 23.4 Å². The Bertz CT molecular complexity index is 436.